The van der Waals surface area contributed by atoms with Crippen LogP contribution in [-0.4, -0.2) is 550 Å². The van der Waals surface area contributed by atoms with Crippen molar-refractivity contribution in [2.24, 2.45) is 0 Å². The van der Waals surface area contributed by atoms with E-state index in [1.165, 1.54) is 6.92 Å². The molecule has 57 heteroatoms. The molecule has 10 heterocycles. The largest absolute Gasteiger partial charge is 0.477 e. The quantitative estimate of drug-likeness (QED) is 0.0284. The number of rotatable bonds is 34. The summed E-state index contributed by atoms with van der Waals surface area (Å²) in [7, 11) is 0. The molecule has 10 aliphatic heterocycles. The number of carbonyl (C=O) groups is 5. The molecule has 57 nitrogen and oxygen atoms in total. The molecule has 10 fully saturated rings. The van der Waals surface area contributed by atoms with Crippen molar-refractivity contribution in [3.8, 4) is 0 Å². The van der Waals surface area contributed by atoms with Gasteiger partial charge in [-0.15, -0.1) is 0 Å². The van der Waals surface area contributed by atoms with Gasteiger partial charge in [-0.2, -0.15) is 0 Å². The van der Waals surface area contributed by atoms with E-state index in [0.29, 0.717) is 0 Å². The molecule has 128 heavy (non-hydrogen) atoms. The topological polar surface area (TPSA) is 896 Å². The number of hydrogen-bond acceptors (Lipinski definition) is 52. The lowest BCUT2D eigenvalue weighted by atomic mass is 9.90. The smallest absolute Gasteiger partial charge is 0.364 e. The summed E-state index contributed by atoms with van der Waals surface area (Å²) in [6, 6.07) is -7.79. The van der Waals surface area contributed by atoms with Crippen LogP contribution < -0.4 is 21.3 Å². The Balaban J connectivity index is 0.995. The first-order valence-corrected chi connectivity index (χ1v) is 40.6. The van der Waals surface area contributed by atoms with Crippen LogP contribution in [0.25, 0.3) is 0 Å². The van der Waals surface area contributed by atoms with Crippen molar-refractivity contribution in [1.82, 2.24) is 21.3 Å². The van der Waals surface area contributed by atoms with E-state index in [1.807, 2.05) is 0 Å². The highest BCUT2D eigenvalue weighted by Gasteiger charge is 2.64. The lowest BCUT2D eigenvalue weighted by Gasteiger charge is -2.51. The third kappa shape index (κ3) is 23.1. The van der Waals surface area contributed by atoms with Gasteiger partial charge >= 0.3 is 5.97 Å². The third-order valence-corrected chi connectivity index (χ3v) is 23.4. The van der Waals surface area contributed by atoms with Gasteiger partial charge in [0.15, 0.2) is 56.6 Å². The average Bonchev–Trinajstić information content (AvgIpc) is 0.743. The van der Waals surface area contributed by atoms with E-state index in [4.69, 9.17) is 90.0 Å². The highest BCUT2D eigenvalue weighted by atomic mass is 16.8. The van der Waals surface area contributed by atoms with Crippen molar-refractivity contribution < 1.29 is 262 Å². The van der Waals surface area contributed by atoms with E-state index in [1.54, 1.807) is 0 Å². The zero-order valence-corrected chi connectivity index (χ0v) is 68.7. The number of aliphatic carboxylic acids is 1. The number of nitrogens with one attached hydrogen (secondary N) is 4. The molecule has 51 atom stereocenters. The van der Waals surface area contributed by atoms with Gasteiger partial charge in [0.05, 0.1) is 71.7 Å². The van der Waals surface area contributed by atoms with Crippen molar-refractivity contribution in [2.45, 2.75) is 353 Å². The normalized spacial score (nSPS) is 48.4. The van der Waals surface area contributed by atoms with Crippen LogP contribution in [0.2, 0.25) is 0 Å². The maximum atomic E-state index is 13.4. The van der Waals surface area contributed by atoms with Gasteiger partial charge in [-0.05, 0) is 6.92 Å². The van der Waals surface area contributed by atoms with Crippen molar-refractivity contribution in [3.63, 3.8) is 0 Å². The second kappa shape index (κ2) is 45.4. The minimum absolute atomic E-state index is 0.841. The summed E-state index contributed by atoms with van der Waals surface area (Å²) in [6.45, 7) is -5.62. The number of hydrogen-bond donors (Lipinski definition) is 33. The monoisotopic (exact) mass is 1870 g/mol. The lowest BCUT2D eigenvalue weighted by Crippen LogP contribution is -2.71. The maximum Gasteiger partial charge on any atom is 0.364 e. The van der Waals surface area contributed by atoms with Gasteiger partial charge < -0.3 is 259 Å². The number of amides is 4. The molecule has 4 amide bonds. The highest BCUT2D eigenvalue weighted by molar-refractivity contribution is 5.76. The van der Waals surface area contributed by atoms with Gasteiger partial charge in [-0.3, -0.25) is 19.2 Å². The average molecular weight is 1880 g/mol. The number of ether oxygens (including phenoxy) is 19. The molecule has 10 rings (SSSR count). The molecule has 0 spiro atoms. The summed E-state index contributed by atoms with van der Waals surface area (Å²) in [5.41, 5.74) is 0. The Morgan fingerprint density at radius 2 is 0.711 bits per heavy atom. The first-order valence-electron chi connectivity index (χ1n) is 40.6. The summed E-state index contributed by atoms with van der Waals surface area (Å²) < 4.78 is 113. The number of aliphatic hydroxyl groups is 28. The van der Waals surface area contributed by atoms with Gasteiger partial charge in [-0.1, -0.05) is 0 Å². The highest BCUT2D eigenvalue weighted by Crippen LogP contribution is 2.43. The van der Waals surface area contributed by atoms with E-state index in [0.717, 1.165) is 27.7 Å². The second-order valence-electron chi connectivity index (χ2n) is 32.4. The predicted molar refractivity (Wildman–Crippen MR) is 392 cm³/mol. The lowest BCUT2D eigenvalue weighted by molar-refractivity contribution is -0.401. The Kier molecular flexibility index (Phi) is 37.4. The van der Waals surface area contributed by atoms with Gasteiger partial charge in [0.25, 0.3) is 5.79 Å². The molecule has 0 saturated carbocycles. The van der Waals surface area contributed by atoms with Gasteiger partial charge in [-0.25, -0.2) is 4.79 Å². The number of carboxylic acids is 1. The zero-order chi connectivity index (χ0) is 94.6. The van der Waals surface area contributed by atoms with E-state index < -0.39 is 408 Å². The molecule has 0 aromatic heterocycles. The molecule has 0 aliphatic carbocycles. The van der Waals surface area contributed by atoms with Gasteiger partial charge in [0, 0.05) is 34.1 Å². The third-order valence-electron chi connectivity index (χ3n) is 23.4. The maximum absolute atomic E-state index is 13.4. The minimum atomic E-state index is -3.36. The summed E-state index contributed by atoms with van der Waals surface area (Å²) in [6.07, 6.45) is -102. The van der Waals surface area contributed by atoms with Gasteiger partial charge in [0.1, 0.15) is 238 Å². The number of aliphatic hydroxyl groups excluding tert-OH is 28. The van der Waals surface area contributed by atoms with E-state index >= 15 is 0 Å². The molecule has 0 aromatic rings. The Morgan fingerprint density at radius 3 is 1.23 bits per heavy atom. The van der Waals surface area contributed by atoms with Crippen molar-refractivity contribution >= 4 is 29.6 Å². The van der Waals surface area contributed by atoms with E-state index in [2.05, 4.69) is 21.3 Å². The Labute approximate surface area is 723 Å². The fourth-order valence-corrected chi connectivity index (χ4v) is 16.4. The molecular weight excluding hydrogens is 1760 g/mol. The van der Waals surface area contributed by atoms with Crippen LogP contribution in [0, 0.1) is 0 Å². The van der Waals surface area contributed by atoms with E-state index in [-0.39, 0.29) is 0 Å². The molecule has 0 radical (unpaired) electrons. The van der Waals surface area contributed by atoms with E-state index in [9.17, 15) is 172 Å². The van der Waals surface area contributed by atoms with Crippen LogP contribution in [0.4, 0.5) is 0 Å². The van der Waals surface area contributed by atoms with Crippen LogP contribution >= 0.6 is 0 Å². The van der Waals surface area contributed by atoms with Crippen LogP contribution in [0.5, 0.6) is 0 Å². The van der Waals surface area contributed by atoms with Crippen LogP contribution in [0.15, 0.2) is 0 Å². The fraction of sp³-hybridized carbons (Fsp3) is 0.930. The van der Waals surface area contributed by atoms with Crippen LogP contribution in [-0.2, 0) is 114 Å². The predicted octanol–water partition coefficient (Wildman–Crippen LogP) is -22.0. The van der Waals surface area contributed by atoms with Crippen molar-refractivity contribution in [2.75, 3.05) is 59.5 Å². The molecule has 0 bridgehead atoms. The summed E-state index contributed by atoms with van der Waals surface area (Å²) in [4.78, 5) is 64.9. The molecule has 10 aliphatic rings. The Hall–Kier alpha value is -4.53. The van der Waals surface area contributed by atoms with Gasteiger partial charge in [0.2, 0.25) is 23.6 Å². The molecule has 33 N–H and O–H groups in total. The summed E-state index contributed by atoms with van der Waals surface area (Å²) in [5, 5.41) is 334. The van der Waals surface area contributed by atoms with Crippen LogP contribution in [0.1, 0.15) is 41.0 Å². The Bertz CT molecular complexity index is 3530. The number of carbonyl (C=O) groups excluding carboxylic acids is 4. The molecule has 0 aromatic carbocycles. The molecule has 10 saturated heterocycles. The first kappa shape index (κ1) is 106. The molecular formula is C71H118N4O53. The zero-order valence-electron chi connectivity index (χ0n) is 68.7. The Morgan fingerprint density at radius 1 is 0.336 bits per heavy atom. The molecule has 740 valence electrons. The van der Waals surface area contributed by atoms with Crippen LogP contribution in [0.3, 0.4) is 0 Å². The minimum Gasteiger partial charge on any atom is -0.477 e. The van der Waals surface area contributed by atoms with Crippen molar-refractivity contribution in [3.05, 3.63) is 0 Å². The first-order chi connectivity index (χ1) is 60.3. The van der Waals surface area contributed by atoms with Crippen molar-refractivity contribution in [1.29, 1.82) is 0 Å². The molecule has 0 unspecified atom stereocenters. The fourth-order valence-electron chi connectivity index (χ4n) is 16.4. The summed E-state index contributed by atoms with van der Waals surface area (Å²) in [5.74, 6) is -9.41. The summed E-state index contributed by atoms with van der Waals surface area (Å²) >= 11 is 0. The standard InChI is InChI=1S/C71H118N4O53/c1-16-35(89)47(101)50(104)65(112-16)110-15-30-54(45(99)31(61(107)113-30)72-17(2)83)121-63-33(74-19(4)85)46(100)53(28(13-82)119-63)122-66-51(105)56(43(97)29(120-66)14-111-68-59(48(102)39(93)24(9-78)117-68)125-62-32(73-18(3)84)44(98)38(92)23(8-77)114-62)124-69-60(49(103)40(94)25(10-79)118-69)126-64-34(75-20(5)86)55(41(95)26(11-80)115-64)123-67-52(106)58(42(96)27(12-81)116-67)128-71(70(108)109)6-21(87)36(90)57(127-71)37(91)22(88)7-76/h16,21-69,76-82,87-107H,6-15H2,1-5H3,(H,72,83)(H,73,84)(H,74,85)(H,75,86)(H,108,109)/t16-,21-,22+,23+,24+,25+,26+,27+,28+,29+,30+,31+,32+,33+,34-,35+,36+,37+,38+,39+,40+,41+,42-,43+,44+,45+,46+,47+,48-,49-,50-,51-,52+,53+,54+,55+,56-,57+,58-,59-,60-,61+,62-,63-,64-,65+,66-,67-,68-,69+,71-/m0/s1. The SMILES string of the molecule is CC(=O)N[C@@H]1[C@H](O[C@@H]2[C@@H](O[C@@H]3[C@H](O)[C@H](O[C@H]4[C@H](O)[C@@H](NC(C)=O)[C@H](O[C@H]5[C@H](O)[C@@H](NC(C)=O)[C@H](O)O[C@@H]5CO[C@@H]5O[C@@H](C)[C@@H](O)[C@@H](O)[C@@H]5O)O[C@@H]4CO)O[C@H](CO[C@H]4O[C@H](CO)[C@@H](O)[C@H](O)[C@@H]4O[C@@H]4O[C@H](CO)[C@@H](O)[C@H](O)[C@H]4NC(C)=O)[C@H]3O)O[C@H](CO)[C@@H](O)[C@@H]2O)O[C@H](CO)[C@@H](O)[C@@H]1O[C@@H]1O[C@H](CO)[C@H](O)[C@H](O[C@]2(C(=O)O)C[C@H](O)[C@@H](O)[C@H]([C@H](O)[C@H](O)CO)O2)[C@H]1O. The number of carboxylic acid groups (broad SMARTS) is 1. The second-order valence-corrected chi connectivity index (χ2v) is 32.4.